The maximum absolute atomic E-state index is 6.20. The van der Waals surface area contributed by atoms with Crippen LogP contribution in [0.2, 0.25) is 5.02 Å². The standard InChI is InChI=1S/C20H15ClN2O2/c21-14-9-7-13(8-10-14)16-12-17-15-4-1-2-5-18(15)25-20(23(17)22-16)19-6-3-11-24-19/h1-11,17,20H,12H2/t17-,20+/m0/s1. The molecule has 0 unspecified atom stereocenters. The predicted molar refractivity (Wildman–Crippen MR) is 95.7 cm³/mol. The highest BCUT2D eigenvalue weighted by Gasteiger charge is 2.41. The molecule has 0 spiro atoms. The van der Waals surface area contributed by atoms with Gasteiger partial charge in [-0.3, -0.25) is 0 Å². The number of hydrazone groups is 1. The minimum absolute atomic E-state index is 0.130. The second-order valence-corrected chi connectivity index (χ2v) is 6.61. The van der Waals surface area contributed by atoms with Gasteiger partial charge in [-0.25, -0.2) is 5.01 Å². The summed E-state index contributed by atoms with van der Waals surface area (Å²) in [6.07, 6.45) is 2.12. The first-order valence-corrected chi connectivity index (χ1v) is 8.58. The number of benzene rings is 2. The van der Waals surface area contributed by atoms with Crippen molar-refractivity contribution < 1.29 is 9.15 Å². The lowest BCUT2D eigenvalue weighted by Crippen LogP contribution is -2.33. The van der Waals surface area contributed by atoms with Crippen LogP contribution >= 0.6 is 11.6 Å². The van der Waals surface area contributed by atoms with Crippen molar-refractivity contribution in [2.24, 2.45) is 5.10 Å². The van der Waals surface area contributed by atoms with Gasteiger partial charge in [-0.1, -0.05) is 41.9 Å². The molecule has 5 heteroatoms. The van der Waals surface area contributed by atoms with Crippen LogP contribution in [0.3, 0.4) is 0 Å². The number of para-hydroxylation sites is 1. The molecule has 3 heterocycles. The molecule has 2 aromatic carbocycles. The summed E-state index contributed by atoms with van der Waals surface area (Å²) in [6, 6.07) is 19.9. The van der Waals surface area contributed by atoms with Crippen LogP contribution in [0.15, 0.2) is 76.4 Å². The molecule has 0 amide bonds. The van der Waals surface area contributed by atoms with E-state index in [1.54, 1.807) is 6.26 Å². The fourth-order valence-electron chi connectivity index (χ4n) is 3.47. The zero-order chi connectivity index (χ0) is 16.8. The summed E-state index contributed by atoms with van der Waals surface area (Å²) >= 11 is 6.02. The van der Waals surface area contributed by atoms with E-state index < -0.39 is 0 Å². The molecule has 3 aromatic rings. The van der Waals surface area contributed by atoms with E-state index in [2.05, 4.69) is 6.07 Å². The molecule has 0 saturated carbocycles. The van der Waals surface area contributed by atoms with E-state index in [0.29, 0.717) is 0 Å². The SMILES string of the molecule is Clc1ccc(C2=NN3[C@@H](c4ccco4)Oc4ccccc4[C@@H]3C2)cc1. The Morgan fingerprint density at radius 2 is 1.84 bits per heavy atom. The van der Waals surface area contributed by atoms with Crippen LogP contribution in [-0.2, 0) is 0 Å². The number of ether oxygens (including phenoxy) is 1. The predicted octanol–water partition coefficient (Wildman–Crippen LogP) is 5.18. The molecule has 0 saturated heterocycles. The Bertz CT molecular complexity index is 935. The van der Waals surface area contributed by atoms with Crippen LogP contribution in [0.25, 0.3) is 0 Å². The summed E-state index contributed by atoms with van der Waals surface area (Å²) in [5.41, 5.74) is 3.26. The highest BCUT2D eigenvalue weighted by atomic mass is 35.5. The van der Waals surface area contributed by atoms with Crippen LogP contribution in [0, 0.1) is 0 Å². The number of halogens is 1. The van der Waals surface area contributed by atoms with Crippen molar-refractivity contribution in [1.82, 2.24) is 5.01 Å². The van der Waals surface area contributed by atoms with E-state index >= 15 is 0 Å². The van der Waals surface area contributed by atoms with Gasteiger partial charge >= 0.3 is 0 Å². The van der Waals surface area contributed by atoms with Gasteiger partial charge < -0.3 is 9.15 Å². The average molecular weight is 351 g/mol. The minimum Gasteiger partial charge on any atom is -0.463 e. The zero-order valence-electron chi connectivity index (χ0n) is 13.3. The van der Waals surface area contributed by atoms with Gasteiger partial charge in [0.05, 0.1) is 18.0 Å². The highest BCUT2D eigenvalue weighted by Crippen LogP contribution is 2.47. The van der Waals surface area contributed by atoms with Crippen molar-refractivity contribution in [3.05, 3.63) is 88.8 Å². The van der Waals surface area contributed by atoms with Crippen molar-refractivity contribution in [3.8, 4) is 5.75 Å². The number of furan rings is 1. The first kappa shape index (κ1) is 14.6. The summed E-state index contributed by atoms with van der Waals surface area (Å²) in [5, 5.41) is 7.60. The monoisotopic (exact) mass is 350 g/mol. The van der Waals surface area contributed by atoms with E-state index in [9.17, 15) is 0 Å². The van der Waals surface area contributed by atoms with Gasteiger partial charge in [0.25, 0.3) is 0 Å². The van der Waals surface area contributed by atoms with Crippen molar-refractivity contribution >= 4 is 17.3 Å². The average Bonchev–Trinajstić information content (AvgIpc) is 3.32. The lowest BCUT2D eigenvalue weighted by Gasteiger charge is -2.36. The van der Waals surface area contributed by atoms with Gasteiger partial charge in [0, 0.05) is 17.0 Å². The summed E-state index contributed by atoms with van der Waals surface area (Å²) in [4.78, 5) is 0. The molecule has 5 rings (SSSR count). The molecule has 0 aliphatic carbocycles. The molecule has 1 aromatic heterocycles. The van der Waals surface area contributed by atoms with Crippen LogP contribution in [0.4, 0.5) is 0 Å². The molecule has 25 heavy (non-hydrogen) atoms. The summed E-state index contributed by atoms with van der Waals surface area (Å²) < 4.78 is 11.8. The Kier molecular flexibility index (Phi) is 3.31. The fourth-order valence-corrected chi connectivity index (χ4v) is 3.60. The van der Waals surface area contributed by atoms with Crippen molar-refractivity contribution in [2.45, 2.75) is 18.7 Å². The van der Waals surface area contributed by atoms with Crippen LogP contribution in [0.5, 0.6) is 5.75 Å². The van der Waals surface area contributed by atoms with E-state index in [-0.39, 0.29) is 12.3 Å². The molecular formula is C20H15ClN2O2. The molecule has 124 valence electrons. The summed E-state index contributed by atoms with van der Waals surface area (Å²) in [6.45, 7) is 0. The maximum atomic E-state index is 6.20. The lowest BCUT2D eigenvalue weighted by atomic mass is 9.96. The van der Waals surface area contributed by atoms with Crippen LogP contribution in [-0.4, -0.2) is 10.7 Å². The Hall–Kier alpha value is -2.72. The maximum Gasteiger partial charge on any atom is 0.246 e. The van der Waals surface area contributed by atoms with E-state index in [1.807, 2.05) is 59.6 Å². The van der Waals surface area contributed by atoms with Gasteiger partial charge in [-0.2, -0.15) is 5.10 Å². The first-order chi connectivity index (χ1) is 12.3. The highest BCUT2D eigenvalue weighted by molar-refractivity contribution is 6.30. The molecule has 0 N–H and O–H groups in total. The number of rotatable bonds is 2. The zero-order valence-corrected chi connectivity index (χ0v) is 14.1. The Morgan fingerprint density at radius 1 is 1.00 bits per heavy atom. The molecule has 2 aliphatic rings. The normalized spacial score (nSPS) is 21.3. The Balaban J connectivity index is 1.59. The second kappa shape index (κ2) is 5.67. The molecule has 0 radical (unpaired) electrons. The topological polar surface area (TPSA) is 38.0 Å². The van der Waals surface area contributed by atoms with E-state index in [0.717, 1.165) is 39.8 Å². The van der Waals surface area contributed by atoms with Gasteiger partial charge in [0.1, 0.15) is 5.75 Å². The number of nitrogens with zero attached hydrogens (tertiary/aromatic N) is 2. The van der Waals surface area contributed by atoms with Crippen LogP contribution < -0.4 is 4.74 Å². The summed E-state index contributed by atoms with van der Waals surface area (Å²) in [7, 11) is 0. The molecular weight excluding hydrogens is 336 g/mol. The third-order valence-corrected chi connectivity index (χ3v) is 4.92. The Labute approximate surface area is 150 Å². The molecule has 0 bridgehead atoms. The third kappa shape index (κ3) is 2.41. The number of fused-ring (bicyclic) bond motifs is 3. The fraction of sp³-hybridized carbons (Fsp3) is 0.150. The van der Waals surface area contributed by atoms with Crippen molar-refractivity contribution in [1.29, 1.82) is 0 Å². The Morgan fingerprint density at radius 3 is 2.64 bits per heavy atom. The summed E-state index contributed by atoms with van der Waals surface area (Å²) in [5.74, 6) is 1.64. The largest absolute Gasteiger partial charge is 0.463 e. The van der Waals surface area contributed by atoms with Crippen molar-refractivity contribution in [2.75, 3.05) is 0 Å². The number of hydrogen-bond donors (Lipinski definition) is 0. The molecule has 0 fully saturated rings. The third-order valence-electron chi connectivity index (χ3n) is 4.66. The lowest BCUT2D eigenvalue weighted by molar-refractivity contribution is -0.0325. The van der Waals surface area contributed by atoms with E-state index in [4.69, 9.17) is 25.9 Å². The second-order valence-electron chi connectivity index (χ2n) is 6.18. The molecule has 4 nitrogen and oxygen atoms in total. The molecule has 2 aliphatic heterocycles. The minimum atomic E-state index is -0.361. The molecule has 2 atom stereocenters. The smallest absolute Gasteiger partial charge is 0.246 e. The van der Waals surface area contributed by atoms with Gasteiger partial charge in [0.15, 0.2) is 5.76 Å². The van der Waals surface area contributed by atoms with Crippen molar-refractivity contribution in [3.63, 3.8) is 0 Å². The number of hydrogen-bond acceptors (Lipinski definition) is 4. The quantitative estimate of drug-likeness (QED) is 0.639. The van der Waals surface area contributed by atoms with Gasteiger partial charge in [-0.05, 0) is 35.9 Å². The van der Waals surface area contributed by atoms with Gasteiger partial charge in [-0.15, -0.1) is 0 Å². The van der Waals surface area contributed by atoms with E-state index in [1.165, 1.54) is 0 Å². The van der Waals surface area contributed by atoms with Crippen LogP contribution in [0.1, 0.15) is 35.6 Å². The first-order valence-electron chi connectivity index (χ1n) is 8.20. The van der Waals surface area contributed by atoms with Gasteiger partial charge in [0.2, 0.25) is 6.23 Å².